The highest BCUT2D eigenvalue weighted by Gasteiger charge is 2.47. The third-order valence-electron chi connectivity index (χ3n) is 6.36. The molecule has 0 bridgehead atoms. The summed E-state index contributed by atoms with van der Waals surface area (Å²) in [6.07, 6.45) is 7.19. The molecule has 0 aromatic rings. The second-order valence-electron chi connectivity index (χ2n) is 8.56. The zero-order chi connectivity index (χ0) is 17.5. The lowest BCUT2D eigenvalue weighted by Crippen LogP contribution is -2.53. The van der Waals surface area contributed by atoms with Crippen molar-refractivity contribution >= 4 is 15.9 Å². The zero-order valence-corrected chi connectivity index (χ0v) is 16.8. The third kappa shape index (κ3) is 3.77. The van der Waals surface area contributed by atoms with Gasteiger partial charge in [-0.1, -0.05) is 48.0 Å². The Balaban J connectivity index is 2.11. The van der Waals surface area contributed by atoms with Crippen molar-refractivity contribution < 1.29 is 9.84 Å². The Morgan fingerprint density at radius 2 is 1.96 bits per heavy atom. The van der Waals surface area contributed by atoms with Crippen LogP contribution >= 0.6 is 15.9 Å². The van der Waals surface area contributed by atoms with Gasteiger partial charge in [0.15, 0.2) is 0 Å². The van der Waals surface area contributed by atoms with Gasteiger partial charge in [-0.2, -0.15) is 0 Å². The largest absolute Gasteiger partial charge is 0.390 e. The molecule has 2 rings (SSSR count). The number of aliphatic hydroxyl groups is 1. The van der Waals surface area contributed by atoms with Crippen LogP contribution in [0.5, 0.6) is 0 Å². The van der Waals surface area contributed by atoms with E-state index in [1.54, 1.807) is 0 Å². The molecule has 0 aromatic carbocycles. The predicted molar refractivity (Wildman–Crippen MR) is 101 cm³/mol. The van der Waals surface area contributed by atoms with E-state index in [2.05, 4.69) is 56.8 Å². The summed E-state index contributed by atoms with van der Waals surface area (Å²) in [5, 5.41) is 10.5. The molecule has 3 heteroatoms. The second kappa shape index (κ2) is 6.65. The number of aliphatic hydroxyl groups excluding tert-OH is 1. The van der Waals surface area contributed by atoms with Crippen molar-refractivity contribution in [2.45, 2.75) is 88.4 Å². The molecule has 0 aromatic heterocycles. The lowest BCUT2D eigenvalue weighted by atomic mass is 9.64. The van der Waals surface area contributed by atoms with Crippen LogP contribution in [0.2, 0.25) is 0 Å². The van der Waals surface area contributed by atoms with Crippen LogP contribution < -0.4 is 0 Å². The molecule has 5 atom stereocenters. The first-order valence-electron chi connectivity index (χ1n) is 8.88. The Labute approximate surface area is 150 Å². The summed E-state index contributed by atoms with van der Waals surface area (Å²) >= 11 is 3.86. The van der Waals surface area contributed by atoms with Gasteiger partial charge >= 0.3 is 0 Å². The topological polar surface area (TPSA) is 29.5 Å². The fourth-order valence-corrected chi connectivity index (χ4v) is 4.90. The molecule has 1 saturated heterocycles. The SMILES string of the molecule is C=CC1(C)CCC(O)C(C)(CCC2C(=C)CCC(Br)C2(C)C)O1. The van der Waals surface area contributed by atoms with Gasteiger partial charge < -0.3 is 9.84 Å². The van der Waals surface area contributed by atoms with Crippen LogP contribution in [0.3, 0.4) is 0 Å². The molecule has 1 aliphatic carbocycles. The first-order valence-corrected chi connectivity index (χ1v) is 9.79. The van der Waals surface area contributed by atoms with Gasteiger partial charge in [-0.3, -0.25) is 0 Å². The van der Waals surface area contributed by atoms with Crippen LogP contribution in [0.1, 0.15) is 66.2 Å². The lowest BCUT2D eigenvalue weighted by molar-refractivity contribution is -0.209. The Hall–Kier alpha value is -0.120. The van der Waals surface area contributed by atoms with E-state index in [9.17, 15) is 5.11 Å². The quantitative estimate of drug-likeness (QED) is 0.519. The minimum Gasteiger partial charge on any atom is -0.390 e. The van der Waals surface area contributed by atoms with Gasteiger partial charge in [0.25, 0.3) is 0 Å². The van der Waals surface area contributed by atoms with Crippen molar-refractivity contribution in [3.63, 3.8) is 0 Å². The highest BCUT2D eigenvalue weighted by Crippen LogP contribution is 2.50. The summed E-state index contributed by atoms with van der Waals surface area (Å²) < 4.78 is 6.33. The fraction of sp³-hybridized carbons (Fsp3) is 0.800. The minimum atomic E-state index is -0.503. The Kier molecular flexibility index (Phi) is 5.55. The lowest BCUT2D eigenvalue weighted by Gasteiger charge is -2.49. The molecule has 1 heterocycles. The average molecular weight is 385 g/mol. The van der Waals surface area contributed by atoms with Crippen LogP contribution in [-0.2, 0) is 4.74 Å². The third-order valence-corrected chi connectivity index (χ3v) is 8.00. The maximum Gasteiger partial charge on any atom is 0.0924 e. The van der Waals surface area contributed by atoms with Crippen molar-refractivity contribution in [1.29, 1.82) is 0 Å². The summed E-state index contributed by atoms with van der Waals surface area (Å²) in [6.45, 7) is 17.0. The smallest absolute Gasteiger partial charge is 0.0924 e. The highest BCUT2D eigenvalue weighted by molar-refractivity contribution is 9.09. The van der Waals surface area contributed by atoms with Gasteiger partial charge in [-0.25, -0.2) is 0 Å². The van der Waals surface area contributed by atoms with Gasteiger partial charge in [0.1, 0.15) is 0 Å². The molecule has 132 valence electrons. The average Bonchev–Trinajstić information content (AvgIpc) is 2.47. The summed E-state index contributed by atoms with van der Waals surface area (Å²) in [5.41, 5.74) is 0.709. The van der Waals surface area contributed by atoms with Gasteiger partial charge in [-0.15, -0.1) is 6.58 Å². The van der Waals surface area contributed by atoms with Crippen molar-refractivity contribution in [3.05, 3.63) is 24.8 Å². The molecule has 2 nitrogen and oxygen atoms in total. The standard InChI is InChI=1S/C20H33BrO2/c1-7-19(5)12-11-17(22)20(6,23-19)13-10-15-14(2)8-9-16(21)18(15,3)4/h7,15-17,22H,1-2,8-13H2,3-6H3. The maximum absolute atomic E-state index is 10.5. The maximum atomic E-state index is 10.5. The molecule has 0 radical (unpaired) electrons. The van der Waals surface area contributed by atoms with Crippen LogP contribution in [0.15, 0.2) is 24.8 Å². The second-order valence-corrected chi connectivity index (χ2v) is 9.67. The molecule has 0 amide bonds. The normalized spacial score (nSPS) is 44.1. The monoisotopic (exact) mass is 384 g/mol. The van der Waals surface area contributed by atoms with Gasteiger partial charge in [0.2, 0.25) is 0 Å². The van der Waals surface area contributed by atoms with E-state index in [0.29, 0.717) is 10.7 Å². The number of hydrogen-bond donors (Lipinski definition) is 1. The van der Waals surface area contributed by atoms with E-state index in [-0.39, 0.29) is 11.0 Å². The van der Waals surface area contributed by atoms with E-state index in [1.807, 2.05) is 6.08 Å². The molecule has 1 N–H and O–H groups in total. The van der Waals surface area contributed by atoms with Crippen molar-refractivity contribution in [2.75, 3.05) is 0 Å². The first kappa shape index (κ1) is 19.2. The molecule has 2 fully saturated rings. The predicted octanol–water partition coefficient (Wildman–Crippen LogP) is 5.40. The molecule has 2 aliphatic rings. The minimum absolute atomic E-state index is 0.188. The summed E-state index contributed by atoms with van der Waals surface area (Å²) in [6, 6.07) is 0. The summed E-state index contributed by atoms with van der Waals surface area (Å²) in [7, 11) is 0. The van der Waals surface area contributed by atoms with Gasteiger partial charge in [0.05, 0.1) is 17.3 Å². The van der Waals surface area contributed by atoms with E-state index in [1.165, 1.54) is 5.57 Å². The van der Waals surface area contributed by atoms with E-state index in [4.69, 9.17) is 4.74 Å². The van der Waals surface area contributed by atoms with Crippen LogP contribution in [0.4, 0.5) is 0 Å². The van der Waals surface area contributed by atoms with Crippen molar-refractivity contribution in [1.82, 2.24) is 0 Å². The molecular formula is C20H33BrO2. The number of alkyl halides is 1. The Morgan fingerprint density at radius 3 is 2.57 bits per heavy atom. The van der Waals surface area contributed by atoms with E-state index in [0.717, 1.165) is 38.5 Å². The first-order chi connectivity index (χ1) is 10.5. The zero-order valence-electron chi connectivity index (χ0n) is 15.2. The molecule has 1 aliphatic heterocycles. The highest BCUT2D eigenvalue weighted by atomic mass is 79.9. The van der Waals surface area contributed by atoms with Crippen LogP contribution in [0.25, 0.3) is 0 Å². The fourth-order valence-electron chi connectivity index (χ4n) is 4.35. The summed E-state index contributed by atoms with van der Waals surface area (Å²) in [4.78, 5) is 0.522. The molecule has 5 unspecified atom stereocenters. The van der Waals surface area contributed by atoms with Gasteiger partial charge in [-0.05, 0) is 63.7 Å². The number of ether oxygens (including phenoxy) is 1. The Morgan fingerprint density at radius 1 is 1.30 bits per heavy atom. The number of hydrogen-bond acceptors (Lipinski definition) is 2. The molecular weight excluding hydrogens is 352 g/mol. The molecule has 23 heavy (non-hydrogen) atoms. The van der Waals surface area contributed by atoms with Gasteiger partial charge in [0, 0.05) is 4.83 Å². The Bertz CT molecular complexity index is 472. The van der Waals surface area contributed by atoms with Crippen molar-refractivity contribution in [3.8, 4) is 0 Å². The molecule has 1 saturated carbocycles. The van der Waals surface area contributed by atoms with E-state index >= 15 is 0 Å². The number of rotatable bonds is 4. The van der Waals surface area contributed by atoms with E-state index < -0.39 is 11.7 Å². The van der Waals surface area contributed by atoms with Crippen LogP contribution in [-0.4, -0.2) is 27.2 Å². The number of halogens is 1. The molecule has 0 spiro atoms. The van der Waals surface area contributed by atoms with Crippen LogP contribution in [0, 0.1) is 11.3 Å². The van der Waals surface area contributed by atoms with Crippen molar-refractivity contribution in [2.24, 2.45) is 11.3 Å². The summed E-state index contributed by atoms with van der Waals surface area (Å²) in [5.74, 6) is 0.463. The number of allylic oxidation sites excluding steroid dienone is 1.